The second-order valence-electron chi connectivity index (χ2n) is 16.7. The summed E-state index contributed by atoms with van der Waals surface area (Å²) < 4.78 is 6.31. The zero-order chi connectivity index (χ0) is 40.3. The predicted octanol–water partition coefficient (Wildman–Crippen LogP) is 16.6. The fourth-order valence-corrected chi connectivity index (χ4v) is 10.7. The number of benzene rings is 9. The largest absolute Gasteiger partial charge is 0.456 e. The predicted molar refractivity (Wildman–Crippen MR) is 255 cm³/mol. The summed E-state index contributed by atoms with van der Waals surface area (Å²) in [5, 5.41) is 2.29. The van der Waals surface area contributed by atoms with E-state index in [0.717, 1.165) is 50.1 Å². The third-order valence-corrected chi connectivity index (χ3v) is 13.5. The summed E-state index contributed by atoms with van der Waals surface area (Å²) in [6.45, 7) is 0. The zero-order valence-electron chi connectivity index (χ0n) is 33.9. The van der Waals surface area contributed by atoms with Gasteiger partial charge in [-0.1, -0.05) is 177 Å². The fraction of sp³-hybridized carbons (Fsp3) is 0.0847. The van der Waals surface area contributed by atoms with Crippen molar-refractivity contribution in [3.8, 4) is 55.6 Å². The molecule has 1 fully saturated rings. The number of hydrogen-bond donors (Lipinski definition) is 0. The van der Waals surface area contributed by atoms with E-state index < -0.39 is 0 Å². The number of fused-ring (bicyclic) bond motifs is 8. The molecular formula is C59H43NO. The van der Waals surface area contributed by atoms with E-state index >= 15 is 0 Å². The maximum absolute atomic E-state index is 6.31. The van der Waals surface area contributed by atoms with Crippen molar-refractivity contribution in [2.24, 2.45) is 0 Å². The van der Waals surface area contributed by atoms with Crippen LogP contribution in [-0.2, 0) is 5.41 Å². The normalized spacial score (nSPS) is 13.8. The summed E-state index contributed by atoms with van der Waals surface area (Å²) in [5.41, 5.74) is 20.6. The van der Waals surface area contributed by atoms with Crippen LogP contribution in [0.5, 0.6) is 0 Å². The van der Waals surface area contributed by atoms with Gasteiger partial charge in [0.25, 0.3) is 0 Å². The lowest BCUT2D eigenvalue weighted by atomic mass is 9.77. The standard InChI is InChI=1S/C59H43NO/c1-2-16-41(17-3-1)45-18-4-5-19-46(45)47-20-6-7-21-48(47)50-23-9-12-26-56(50)60(44-33-35-55-53(39-44)49-22-8-11-25-54(49)59(55)36-14-15-37-59)43-31-28-40(29-32-43)42-30-34-52-51-24-10-13-27-57(51)61-58(52)38-42/h1-13,16-35,38-39H,14-15,36-37H2. The van der Waals surface area contributed by atoms with Crippen LogP contribution in [0.2, 0.25) is 0 Å². The summed E-state index contributed by atoms with van der Waals surface area (Å²) in [4.78, 5) is 2.48. The van der Waals surface area contributed by atoms with Crippen LogP contribution < -0.4 is 4.90 Å². The van der Waals surface area contributed by atoms with Gasteiger partial charge in [0.05, 0.1) is 5.69 Å². The van der Waals surface area contributed by atoms with Gasteiger partial charge in [-0.3, -0.25) is 0 Å². The minimum atomic E-state index is 0.112. The maximum atomic E-state index is 6.31. The minimum absolute atomic E-state index is 0.112. The van der Waals surface area contributed by atoms with Gasteiger partial charge < -0.3 is 9.32 Å². The summed E-state index contributed by atoms with van der Waals surface area (Å²) >= 11 is 0. The Balaban J connectivity index is 1.03. The molecule has 0 bridgehead atoms. The van der Waals surface area contributed by atoms with E-state index in [9.17, 15) is 0 Å². The van der Waals surface area contributed by atoms with Crippen molar-refractivity contribution < 1.29 is 4.42 Å². The SMILES string of the molecule is c1ccc(-c2ccccc2-c2ccccc2-c2ccccc2N(c2ccc(-c3ccc4c(c3)oc3ccccc34)cc2)c2ccc3c(c2)-c2ccccc2C32CCCC2)cc1. The average Bonchev–Trinajstić information content (AvgIpc) is 4.05. The molecule has 0 N–H and O–H groups in total. The van der Waals surface area contributed by atoms with Gasteiger partial charge in [-0.25, -0.2) is 0 Å². The molecule has 1 heterocycles. The molecule has 290 valence electrons. The first kappa shape index (κ1) is 35.5. The Morgan fingerprint density at radius 1 is 0.344 bits per heavy atom. The van der Waals surface area contributed by atoms with Crippen molar-refractivity contribution in [1.82, 2.24) is 0 Å². The fourth-order valence-electron chi connectivity index (χ4n) is 10.7. The lowest BCUT2D eigenvalue weighted by Gasteiger charge is -2.30. The molecule has 1 spiro atoms. The molecule has 2 nitrogen and oxygen atoms in total. The molecule has 0 amide bonds. The van der Waals surface area contributed by atoms with Crippen molar-refractivity contribution in [2.45, 2.75) is 31.1 Å². The highest BCUT2D eigenvalue weighted by atomic mass is 16.3. The van der Waals surface area contributed by atoms with Gasteiger partial charge in [0.2, 0.25) is 0 Å². The summed E-state index contributed by atoms with van der Waals surface area (Å²) in [7, 11) is 0. The number of rotatable bonds is 7. The third-order valence-electron chi connectivity index (χ3n) is 13.5. The van der Waals surface area contributed by atoms with E-state index in [-0.39, 0.29) is 5.41 Å². The second kappa shape index (κ2) is 14.4. The zero-order valence-corrected chi connectivity index (χ0v) is 33.9. The second-order valence-corrected chi connectivity index (χ2v) is 16.7. The molecule has 10 aromatic rings. The van der Waals surface area contributed by atoms with Crippen molar-refractivity contribution >= 4 is 39.0 Å². The van der Waals surface area contributed by atoms with Crippen LogP contribution in [0.15, 0.2) is 217 Å². The van der Waals surface area contributed by atoms with Crippen LogP contribution in [0.4, 0.5) is 17.1 Å². The van der Waals surface area contributed by atoms with Gasteiger partial charge in [0, 0.05) is 33.1 Å². The van der Waals surface area contributed by atoms with Gasteiger partial charge >= 0.3 is 0 Å². The molecule has 2 aliphatic rings. The molecule has 1 saturated carbocycles. The van der Waals surface area contributed by atoms with Gasteiger partial charge in [-0.2, -0.15) is 0 Å². The van der Waals surface area contributed by atoms with Crippen molar-refractivity contribution in [2.75, 3.05) is 4.90 Å². The van der Waals surface area contributed by atoms with Crippen LogP contribution in [0.25, 0.3) is 77.6 Å². The Morgan fingerprint density at radius 3 is 1.69 bits per heavy atom. The van der Waals surface area contributed by atoms with Crippen LogP contribution in [0.3, 0.4) is 0 Å². The highest BCUT2D eigenvalue weighted by Gasteiger charge is 2.45. The Labute approximate surface area is 357 Å². The molecule has 0 saturated heterocycles. The number of furan rings is 1. The lowest BCUT2D eigenvalue weighted by molar-refractivity contribution is 0.550. The highest BCUT2D eigenvalue weighted by Crippen LogP contribution is 2.58. The van der Waals surface area contributed by atoms with E-state index in [1.165, 1.54) is 81.3 Å². The number of anilines is 3. The first-order valence-electron chi connectivity index (χ1n) is 21.6. The van der Waals surface area contributed by atoms with Crippen molar-refractivity contribution in [3.05, 3.63) is 223 Å². The van der Waals surface area contributed by atoms with Crippen LogP contribution in [0.1, 0.15) is 36.8 Å². The monoisotopic (exact) mass is 781 g/mol. The van der Waals surface area contributed by atoms with Crippen molar-refractivity contribution in [1.29, 1.82) is 0 Å². The molecule has 9 aromatic carbocycles. The summed E-state index contributed by atoms with van der Waals surface area (Å²) in [6.07, 6.45) is 4.98. The molecule has 2 aliphatic carbocycles. The lowest BCUT2D eigenvalue weighted by Crippen LogP contribution is -2.20. The van der Waals surface area contributed by atoms with E-state index in [2.05, 4.69) is 205 Å². The summed E-state index contributed by atoms with van der Waals surface area (Å²) in [5.74, 6) is 0. The third kappa shape index (κ3) is 5.78. The van der Waals surface area contributed by atoms with E-state index in [0.29, 0.717) is 0 Å². The van der Waals surface area contributed by atoms with Crippen LogP contribution >= 0.6 is 0 Å². The van der Waals surface area contributed by atoms with Gasteiger partial charge in [0.1, 0.15) is 11.2 Å². The van der Waals surface area contributed by atoms with E-state index in [1.807, 2.05) is 12.1 Å². The summed E-state index contributed by atoms with van der Waals surface area (Å²) in [6, 6.07) is 77.8. The number of para-hydroxylation sites is 2. The Hall–Kier alpha value is -7.42. The number of nitrogens with zero attached hydrogens (tertiary/aromatic N) is 1. The van der Waals surface area contributed by atoms with Crippen molar-refractivity contribution in [3.63, 3.8) is 0 Å². The van der Waals surface area contributed by atoms with Crippen LogP contribution in [0, 0.1) is 0 Å². The molecule has 1 aromatic heterocycles. The minimum Gasteiger partial charge on any atom is -0.456 e. The Kier molecular flexibility index (Phi) is 8.38. The molecule has 12 rings (SSSR count). The maximum Gasteiger partial charge on any atom is 0.136 e. The Morgan fingerprint density at radius 2 is 0.902 bits per heavy atom. The first-order chi connectivity index (χ1) is 30.2. The molecule has 0 unspecified atom stereocenters. The smallest absolute Gasteiger partial charge is 0.136 e. The average molecular weight is 782 g/mol. The van der Waals surface area contributed by atoms with Gasteiger partial charge in [-0.05, 0) is 123 Å². The quantitative estimate of drug-likeness (QED) is 0.160. The Bertz CT molecular complexity index is 3260. The molecule has 61 heavy (non-hydrogen) atoms. The van der Waals surface area contributed by atoms with Crippen LogP contribution in [-0.4, -0.2) is 0 Å². The molecule has 0 radical (unpaired) electrons. The highest BCUT2D eigenvalue weighted by molar-refractivity contribution is 6.06. The first-order valence-corrected chi connectivity index (χ1v) is 21.6. The van der Waals surface area contributed by atoms with Gasteiger partial charge in [-0.15, -0.1) is 0 Å². The molecular weight excluding hydrogens is 739 g/mol. The molecule has 0 atom stereocenters. The molecule has 0 aliphatic heterocycles. The van der Waals surface area contributed by atoms with E-state index in [4.69, 9.17) is 4.42 Å². The topological polar surface area (TPSA) is 16.4 Å². The number of hydrogen-bond acceptors (Lipinski definition) is 2. The van der Waals surface area contributed by atoms with Gasteiger partial charge in [0.15, 0.2) is 0 Å². The molecule has 2 heteroatoms. The van der Waals surface area contributed by atoms with E-state index in [1.54, 1.807) is 0 Å².